The van der Waals surface area contributed by atoms with Crippen molar-refractivity contribution in [3.8, 4) is 0 Å². The van der Waals surface area contributed by atoms with Crippen LogP contribution in [0.3, 0.4) is 0 Å². The highest BCUT2D eigenvalue weighted by Gasteiger charge is 2.32. The SMILES string of the molecule is CCOC(=O)c1c(C2CC2)csc1NC(=O)CN(C)CC(=O)N(C)C. The third-order valence-corrected chi connectivity index (χ3v) is 4.80. The van der Waals surface area contributed by atoms with Crippen molar-refractivity contribution in [1.29, 1.82) is 0 Å². The number of carbonyl (C=O) groups excluding carboxylic acids is 3. The summed E-state index contributed by atoms with van der Waals surface area (Å²) in [4.78, 5) is 39.4. The van der Waals surface area contributed by atoms with Crippen molar-refractivity contribution in [2.24, 2.45) is 0 Å². The smallest absolute Gasteiger partial charge is 0.341 e. The third-order valence-electron chi connectivity index (χ3n) is 3.89. The number of esters is 1. The summed E-state index contributed by atoms with van der Waals surface area (Å²) in [5.74, 6) is -0.336. The lowest BCUT2D eigenvalue weighted by atomic mass is 10.1. The number of thiophene rings is 1. The number of anilines is 1. The normalized spacial score (nSPS) is 13.6. The Morgan fingerprint density at radius 1 is 1.24 bits per heavy atom. The number of ether oxygens (including phenoxy) is 1. The summed E-state index contributed by atoms with van der Waals surface area (Å²) < 4.78 is 5.14. The standard InChI is InChI=1S/C17H25N3O4S/c1-5-24-17(23)15-12(11-6-7-11)10-25-16(15)18-13(21)8-20(4)9-14(22)19(2)3/h10-11H,5-9H2,1-4H3,(H,18,21). The van der Waals surface area contributed by atoms with Crippen LogP contribution in [0.4, 0.5) is 5.00 Å². The molecule has 1 aliphatic rings. The molecule has 1 aromatic rings. The number of hydrogen-bond acceptors (Lipinski definition) is 6. The number of rotatable bonds is 8. The molecule has 1 aromatic heterocycles. The van der Waals surface area contributed by atoms with Crippen molar-refractivity contribution in [2.45, 2.75) is 25.7 Å². The zero-order valence-electron chi connectivity index (χ0n) is 15.1. The molecule has 25 heavy (non-hydrogen) atoms. The van der Waals surface area contributed by atoms with E-state index in [0.717, 1.165) is 18.4 Å². The second-order valence-electron chi connectivity index (χ2n) is 6.40. The van der Waals surface area contributed by atoms with Crippen molar-refractivity contribution >= 4 is 34.1 Å². The maximum absolute atomic E-state index is 12.3. The average Bonchev–Trinajstić information content (AvgIpc) is 3.28. The number of hydrogen-bond donors (Lipinski definition) is 1. The molecule has 1 fully saturated rings. The van der Waals surface area contributed by atoms with E-state index in [-0.39, 0.29) is 24.9 Å². The number of nitrogens with one attached hydrogen (secondary N) is 1. The van der Waals surface area contributed by atoms with E-state index in [1.165, 1.54) is 16.2 Å². The van der Waals surface area contributed by atoms with Gasteiger partial charge in [0.15, 0.2) is 0 Å². The Hall–Kier alpha value is -1.93. The minimum Gasteiger partial charge on any atom is -0.462 e. The van der Waals surface area contributed by atoms with Gasteiger partial charge in [-0.1, -0.05) is 0 Å². The first-order chi connectivity index (χ1) is 11.8. The van der Waals surface area contributed by atoms with Gasteiger partial charge in [0.25, 0.3) is 0 Å². The van der Waals surface area contributed by atoms with Crippen LogP contribution < -0.4 is 5.32 Å². The number of carbonyl (C=O) groups is 3. The molecule has 0 saturated heterocycles. The summed E-state index contributed by atoms with van der Waals surface area (Å²) in [5, 5.41) is 5.25. The molecule has 0 spiro atoms. The van der Waals surface area contributed by atoms with E-state index < -0.39 is 5.97 Å². The fourth-order valence-electron chi connectivity index (χ4n) is 2.41. The van der Waals surface area contributed by atoms with Crippen LogP contribution in [-0.2, 0) is 14.3 Å². The summed E-state index contributed by atoms with van der Waals surface area (Å²) in [6, 6.07) is 0. The monoisotopic (exact) mass is 367 g/mol. The fraction of sp³-hybridized carbons (Fsp3) is 0.588. The molecule has 2 amide bonds. The fourth-order valence-corrected chi connectivity index (χ4v) is 3.46. The lowest BCUT2D eigenvalue weighted by Crippen LogP contribution is -2.38. The predicted molar refractivity (Wildman–Crippen MR) is 97.1 cm³/mol. The molecule has 7 nitrogen and oxygen atoms in total. The number of likely N-dealkylation sites (N-methyl/N-ethyl adjacent to an activating group) is 2. The van der Waals surface area contributed by atoms with Gasteiger partial charge in [0, 0.05) is 14.1 Å². The van der Waals surface area contributed by atoms with Crippen molar-refractivity contribution < 1.29 is 19.1 Å². The first-order valence-electron chi connectivity index (χ1n) is 8.30. The van der Waals surface area contributed by atoms with Gasteiger partial charge in [-0.2, -0.15) is 0 Å². The molecular formula is C17H25N3O4S. The lowest BCUT2D eigenvalue weighted by Gasteiger charge is -2.18. The van der Waals surface area contributed by atoms with Crippen LogP contribution in [0.5, 0.6) is 0 Å². The first-order valence-corrected chi connectivity index (χ1v) is 9.18. The molecular weight excluding hydrogens is 342 g/mol. The van der Waals surface area contributed by atoms with E-state index in [0.29, 0.717) is 23.1 Å². The Labute approximate surface area is 151 Å². The van der Waals surface area contributed by atoms with E-state index in [1.54, 1.807) is 33.0 Å². The van der Waals surface area contributed by atoms with Crippen LogP contribution in [0.25, 0.3) is 0 Å². The van der Waals surface area contributed by atoms with Crippen LogP contribution in [0.1, 0.15) is 41.6 Å². The van der Waals surface area contributed by atoms with E-state index in [1.807, 2.05) is 5.38 Å². The molecule has 0 radical (unpaired) electrons. The predicted octanol–water partition coefficient (Wildman–Crippen LogP) is 1.76. The molecule has 0 aromatic carbocycles. The van der Waals surface area contributed by atoms with Crippen LogP contribution >= 0.6 is 11.3 Å². The molecule has 1 aliphatic carbocycles. The highest BCUT2D eigenvalue weighted by molar-refractivity contribution is 7.15. The van der Waals surface area contributed by atoms with Gasteiger partial charge >= 0.3 is 5.97 Å². The molecule has 1 heterocycles. The zero-order valence-corrected chi connectivity index (χ0v) is 15.9. The third kappa shape index (κ3) is 5.27. The lowest BCUT2D eigenvalue weighted by molar-refractivity contribution is -0.130. The quantitative estimate of drug-likeness (QED) is 0.709. The number of nitrogens with zero attached hydrogens (tertiary/aromatic N) is 2. The largest absolute Gasteiger partial charge is 0.462 e. The summed E-state index contributed by atoms with van der Waals surface area (Å²) in [5.41, 5.74) is 1.45. The highest BCUT2D eigenvalue weighted by atomic mass is 32.1. The molecule has 0 bridgehead atoms. The second kappa shape index (κ2) is 8.44. The summed E-state index contributed by atoms with van der Waals surface area (Å²) >= 11 is 1.35. The first kappa shape index (κ1) is 19.4. The minimum atomic E-state index is -0.392. The van der Waals surface area contributed by atoms with Gasteiger partial charge in [-0.3, -0.25) is 14.5 Å². The average molecular weight is 367 g/mol. The molecule has 2 rings (SSSR count). The molecule has 1 saturated carbocycles. The van der Waals surface area contributed by atoms with Crippen molar-refractivity contribution in [3.63, 3.8) is 0 Å². The summed E-state index contributed by atoms with van der Waals surface area (Å²) in [7, 11) is 5.05. The van der Waals surface area contributed by atoms with Gasteiger partial charge < -0.3 is 15.0 Å². The summed E-state index contributed by atoms with van der Waals surface area (Å²) in [6.07, 6.45) is 2.12. The van der Waals surface area contributed by atoms with Crippen LogP contribution in [0, 0.1) is 0 Å². The molecule has 0 atom stereocenters. The molecule has 1 N–H and O–H groups in total. The van der Waals surface area contributed by atoms with Crippen LogP contribution in [-0.4, -0.2) is 68.4 Å². The molecule has 8 heteroatoms. The van der Waals surface area contributed by atoms with Gasteiger partial charge in [-0.15, -0.1) is 11.3 Å². The molecule has 0 unspecified atom stereocenters. The zero-order chi connectivity index (χ0) is 18.6. The molecule has 138 valence electrons. The van der Waals surface area contributed by atoms with Gasteiger partial charge in [0.2, 0.25) is 11.8 Å². The van der Waals surface area contributed by atoms with Crippen LogP contribution in [0.2, 0.25) is 0 Å². The maximum atomic E-state index is 12.3. The number of amides is 2. The van der Waals surface area contributed by atoms with Gasteiger partial charge in [-0.25, -0.2) is 4.79 Å². The van der Waals surface area contributed by atoms with Gasteiger partial charge in [0.1, 0.15) is 5.00 Å². The van der Waals surface area contributed by atoms with Crippen molar-refractivity contribution in [1.82, 2.24) is 9.80 Å². The summed E-state index contributed by atoms with van der Waals surface area (Å²) in [6.45, 7) is 2.28. The Kier molecular flexibility index (Phi) is 6.55. The Balaban J connectivity index is 2.02. The maximum Gasteiger partial charge on any atom is 0.341 e. The van der Waals surface area contributed by atoms with Crippen molar-refractivity contribution in [2.75, 3.05) is 46.2 Å². The van der Waals surface area contributed by atoms with Crippen molar-refractivity contribution in [3.05, 3.63) is 16.5 Å². The Morgan fingerprint density at radius 3 is 2.48 bits per heavy atom. The van der Waals surface area contributed by atoms with E-state index in [4.69, 9.17) is 4.74 Å². The van der Waals surface area contributed by atoms with E-state index in [2.05, 4.69) is 5.32 Å². The van der Waals surface area contributed by atoms with Gasteiger partial charge in [-0.05, 0) is 43.7 Å². The van der Waals surface area contributed by atoms with Crippen LogP contribution in [0.15, 0.2) is 5.38 Å². The van der Waals surface area contributed by atoms with Gasteiger partial charge in [0.05, 0.1) is 25.3 Å². The highest BCUT2D eigenvalue weighted by Crippen LogP contribution is 2.46. The minimum absolute atomic E-state index is 0.0680. The van der Waals surface area contributed by atoms with E-state index in [9.17, 15) is 14.4 Å². The molecule has 0 aliphatic heterocycles. The Morgan fingerprint density at radius 2 is 1.92 bits per heavy atom. The van der Waals surface area contributed by atoms with E-state index >= 15 is 0 Å². The topological polar surface area (TPSA) is 79.0 Å². The Bertz CT molecular complexity index is 652. The second-order valence-corrected chi connectivity index (χ2v) is 7.28.